The van der Waals surface area contributed by atoms with Crippen LogP contribution in [0.5, 0.6) is 11.5 Å². The van der Waals surface area contributed by atoms with Gasteiger partial charge in [-0.1, -0.05) is 6.42 Å². The molecule has 0 fully saturated rings. The van der Waals surface area contributed by atoms with Gasteiger partial charge in [0.2, 0.25) is 6.79 Å². The van der Waals surface area contributed by atoms with E-state index in [2.05, 4.69) is 12.2 Å². The summed E-state index contributed by atoms with van der Waals surface area (Å²) in [6, 6.07) is 4.00. The highest BCUT2D eigenvalue weighted by molar-refractivity contribution is 5.62. The Hall–Kier alpha value is -1.42. The van der Waals surface area contributed by atoms with E-state index in [0.717, 1.165) is 48.7 Å². The van der Waals surface area contributed by atoms with E-state index in [-0.39, 0.29) is 0 Å². The van der Waals surface area contributed by atoms with Crippen LogP contribution in [-0.4, -0.2) is 19.9 Å². The van der Waals surface area contributed by atoms with Crippen LogP contribution in [0.1, 0.15) is 24.8 Å². The van der Waals surface area contributed by atoms with Gasteiger partial charge in [0, 0.05) is 17.8 Å². The lowest BCUT2D eigenvalue weighted by molar-refractivity contribution is 0.173. The minimum atomic E-state index is 0.329. The van der Waals surface area contributed by atoms with Crippen molar-refractivity contribution in [2.75, 3.05) is 25.2 Å². The predicted octanol–water partition coefficient (Wildman–Crippen LogP) is 2.26. The van der Waals surface area contributed by atoms with E-state index in [9.17, 15) is 0 Å². The molecular formula is C13H20N2O2. The molecule has 0 spiro atoms. The van der Waals surface area contributed by atoms with Crippen molar-refractivity contribution in [3.63, 3.8) is 0 Å². The topological polar surface area (TPSA) is 56.5 Å². The van der Waals surface area contributed by atoms with E-state index in [1.54, 1.807) is 0 Å². The standard InChI is InChI=1S/C13H20N2O2/c1-10-11(15-8-4-2-3-7-14)5-6-12-13(10)17-9-16-12/h5-6,15H,2-4,7-9,14H2,1H3. The number of nitrogens with two attached hydrogens (primary N) is 1. The summed E-state index contributed by atoms with van der Waals surface area (Å²) in [6.07, 6.45) is 3.42. The summed E-state index contributed by atoms with van der Waals surface area (Å²) in [5.41, 5.74) is 7.71. The van der Waals surface area contributed by atoms with Crippen LogP contribution in [0.15, 0.2) is 12.1 Å². The smallest absolute Gasteiger partial charge is 0.231 e. The van der Waals surface area contributed by atoms with E-state index >= 15 is 0 Å². The van der Waals surface area contributed by atoms with Gasteiger partial charge in [0.15, 0.2) is 11.5 Å². The van der Waals surface area contributed by atoms with Gasteiger partial charge in [-0.3, -0.25) is 0 Å². The summed E-state index contributed by atoms with van der Waals surface area (Å²) >= 11 is 0. The van der Waals surface area contributed by atoms with Crippen molar-refractivity contribution < 1.29 is 9.47 Å². The number of nitrogens with one attached hydrogen (secondary N) is 1. The Labute approximate surface area is 102 Å². The number of hydrogen-bond donors (Lipinski definition) is 2. The van der Waals surface area contributed by atoms with Gasteiger partial charge in [-0.2, -0.15) is 0 Å². The van der Waals surface area contributed by atoms with Crippen LogP contribution in [-0.2, 0) is 0 Å². The molecule has 1 heterocycles. The van der Waals surface area contributed by atoms with Crippen LogP contribution in [0.2, 0.25) is 0 Å². The summed E-state index contributed by atoms with van der Waals surface area (Å²) in [4.78, 5) is 0. The molecule has 0 saturated carbocycles. The average Bonchev–Trinajstić information content (AvgIpc) is 2.80. The number of benzene rings is 1. The summed E-state index contributed by atoms with van der Waals surface area (Å²) in [5.74, 6) is 1.72. The fraction of sp³-hybridized carbons (Fsp3) is 0.538. The average molecular weight is 236 g/mol. The Morgan fingerprint density at radius 3 is 2.94 bits per heavy atom. The third-order valence-corrected chi connectivity index (χ3v) is 2.98. The quantitative estimate of drug-likeness (QED) is 0.744. The van der Waals surface area contributed by atoms with Crippen molar-refractivity contribution in [2.24, 2.45) is 5.73 Å². The molecule has 3 N–H and O–H groups in total. The zero-order chi connectivity index (χ0) is 12.1. The molecule has 4 nitrogen and oxygen atoms in total. The van der Waals surface area contributed by atoms with E-state index in [1.807, 2.05) is 12.1 Å². The molecule has 0 saturated heterocycles. The normalized spacial score (nSPS) is 12.8. The minimum absolute atomic E-state index is 0.329. The van der Waals surface area contributed by atoms with Crippen LogP contribution < -0.4 is 20.5 Å². The second-order valence-corrected chi connectivity index (χ2v) is 4.25. The molecular weight excluding hydrogens is 216 g/mol. The van der Waals surface area contributed by atoms with Gasteiger partial charge in [0.25, 0.3) is 0 Å². The van der Waals surface area contributed by atoms with Gasteiger partial charge in [-0.25, -0.2) is 0 Å². The van der Waals surface area contributed by atoms with Crippen LogP contribution in [0.4, 0.5) is 5.69 Å². The first-order valence-corrected chi connectivity index (χ1v) is 6.16. The molecule has 2 rings (SSSR count). The fourth-order valence-corrected chi connectivity index (χ4v) is 1.97. The maximum Gasteiger partial charge on any atom is 0.231 e. The first-order chi connectivity index (χ1) is 8.33. The van der Waals surface area contributed by atoms with Gasteiger partial charge < -0.3 is 20.5 Å². The van der Waals surface area contributed by atoms with Gasteiger partial charge in [-0.15, -0.1) is 0 Å². The fourth-order valence-electron chi connectivity index (χ4n) is 1.97. The van der Waals surface area contributed by atoms with Gasteiger partial charge in [0.05, 0.1) is 0 Å². The summed E-state index contributed by atoms with van der Waals surface area (Å²) in [5, 5.41) is 3.43. The van der Waals surface area contributed by atoms with Crippen molar-refractivity contribution in [3.05, 3.63) is 17.7 Å². The molecule has 1 aliphatic heterocycles. The first-order valence-electron chi connectivity index (χ1n) is 6.16. The monoisotopic (exact) mass is 236 g/mol. The van der Waals surface area contributed by atoms with Gasteiger partial charge >= 0.3 is 0 Å². The minimum Gasteiger partial charge on any atom is -0.454 e. The highest BCUT2D eigenvalue weighted by Crippen LogP contribution is 2.38. The van der Waals surface area contributed by atoms with E-state index in [1.165, 1.54) is 6.42 Å². The number of unbranched alkanes of at least 4 members (excludes halogenated alkanes) is 2. The Bertz CT molecular complexity index is 380. The molecule has 1 aromatic rings. The zero-order valence-electron chi connectivity index (χ0n) is 10.3. The maximum atomic E-state index is 5.46. The highest BCUT2D eigenvalue weighted by Gasteiger charge is 2.17. The summed E-state index contributed by atoms with van der Waals surface area (Å²) in [6.45, 7) is 4.13. The lowest BCUT2D eigenvalue weighted by atomic mass is 10.1. The highest BCUT2D eigenvalue weighted by atomic mass is 16.7. The second kappa shape index (κ2) is 5.77. The van der Waals surface area contributed by atoms with Gasteiger partial charge in [-0.05, 0) is 38.4 Å². The van der Waals surface area contributed by atoms with Crippen molar-refractivity contribution in [1.82, 2.24) is 0 Å². The van der Waals surface area contributed by atoms with Crippen LogP contribution in [0, 0.1) is 6.92 Å². The molecule has 1 aromatic carbocycles. The molecule has 0 unspecified atom stereocenters. The molecule has 0 aromatic heterocycles. The van der Waals surface area contributed by atoms with Crippen LogP contribution in [0.25, 0.3) is 0 Å². The van der Waals surface area contributed by atoms with Gasteiger partial charge in [0.1, 0.15) is 0 Å². The SMILES string of the molecule is Cc1c(NCCCCCN)ccc2c1OCO2. The van der Waals surface area contributed by atoms with Crippen LogP contribution >= 0.6 is 0 Å². The predicted molar refractivity (Wildman–Crippen MR) is 68.7 cm³/mol. The van der Waals surface area contributed by atoms with Crippen molar-refractivity contribution >= 4 is 5.69 Å². The van der Waals surface area contributed by atoms with Crippen molar-refractivity contribution in [2.45, 2.75) is 26.2 Å². The molecule has 94 valence electrons. The lowest BCUT2D eigenvalue weighted by Gasteiger charge is -2.11. The number of rotatable bonds is 6. The Kier molecular flexibility index (Phi) is 4.09. The molecule has 0 aliphatic carbocycles. The van der Waals surface area contributed by atoms with Crippen LogP contribution in [0.3, 0.4) is 0 Å². The largest absolute Gasteiger partial charge is 0.454 e. The lowest BCUT2D eigenvalue weighted by Crippen LogP contribution is -2.05. The molecule has 0 amide bonds. The second-order valence-electron chi connectivity index (χ2n) is 4.25. The Morgan fingerprint density at radius 2 is 2.12 bits per heavy atom. The third kappa shape index (κ3) is 2.82. The van der Waals surface area contributed by atoms with E-state index in [4.69, 9.17) is 15.2 Å². The Morgan fingerprint density at radius 1 is 1.24 bits per heavy atom. The van der Waals surface area contributed by atoms with Crippen molar-refractivity contribution in [3.8, 4) is 11.5 Å². The molecule has 4 heteroatoms. The molecule has 0 bridgehead atoms. The summed E-state index contributed by atoms with van der Waals surface area (Å²) in [7, 11) is 0. The van der Waals surface area contributed by atoms with E-state index in [0.29, 0.717) is 6.79 Å². The Balaban J connectivity index is 1.89. The molecule has 17 heavy (non-hydrogen) atoms. The maximum absolute atomic E-state index is 5.46. The number of ether oxygens (including phenoxy) is 2. The number of anilines is 1. The number of fused-ring (bicyclic) bond motifs is 1. The molecule has 0 atom stereocenters. The van der Waals surface area contributed by atoms with E-state index < -0.39 is 0 Å². The van der Waals surface area contributed by atoms with Crippen molar-refractivity contribution in [1.29, 1.82) is 0 Å². The molecule has 0 radical (unpaired) electrons. The zero-order valence-corrected chi connectivity index (χ0v) is 10.3. The summed E-state index contributed by atoms with van der Waals surface area (Å²) < 4.78 is 10.8. The number of hydrogen-bond acceptors (Lipinski definition) is 4. The molecule has 1 aliphatic rings. The first kappa shape index (κ1) is 12.0. The third-order valence-electron chi connectivity index (χ3n) is 2.98.